The van der Waals surface area contributed by atoms with Crippen LogP contribution in [0.5, 0.6) is 5.75 Å². The summed E-state index contributed by atoms with van der Waals surface area (Å²) in [5.41, 5.74) is 3.31. The van der Waals surface area contributed by atoms with E-state index in [9.17, 15) is 0 Å². The van der Waals surface area contributed by atoms with Crippen molar-refractivity contribution < 1.29 is 4.74 Å². The zero-order valence-corrected chi connectivity index (χ0v) is 12.9. The van der Waals surface area contributed by atoms with Gasteiger partial charge in [0.1, 0.15) is 5.75 Å². The first-order valence-corrected chi connectivity index (χ1v) is 7.66. The fourth-order valence-electron chi connectivity index (χ4n) is 2.02. The zero-order valence-electron chi connectivity index (χ0n) is 12.9. The van der Waals surface area contributed by atoms with Gasteiger partial charge in [-0.3, -0.25) is 4.98 Å². The Morgan fingerprint density at radius 2 is 1.86 bits per heavy atom. The number of pyridine rings is 1. The molecule has 0 atom stereocenters. The van der Waals surface area contributed by atoms with Crippen molar-refractivity contribution in [3.05, 3.63) is 53.9 Å². The van der Waals surface area contributed by atoms with Crippen LogP contribution >= 0.6 is 0 Å². The van der Waals surface area contributed by atoms with Gasteiger partial charge in [-0.1, -0.05) is 31.9 Å². The van der Waals surface area contributed by atoms with Crippen LogP contribution in [0.4, 0.5) is 5.69 Å². The van der Waals surface area contributed by atoms with Crippen LogP contribution in [0.3, 0.4) is 0 Å². The number of ether oxygens (including phenoxy) is 1. The van der Waals surface area contributed by atoms with Crippen molar-refractivity contribution in [3.8, 4) is 5.75 Å². The van der Waals surface area contributed by atoms with Gasteiger partial charge >= 0.3 is 0 Å². The molecule has 2 aromatic rings. The van der Waals surface area contributed by atoms with Crippen molar-refractivity contribution in [1.29, 1.82) is 0 Å². The summed E-state index contributed by atoms with van der Waals surface area (Å²) < 4.78 is 5.71. The van der Waals surface area contributed by atoms with Gasteiger partial charge in [0.25, 0.3) is 0 Å². The first-order chi connectivity index (χ1) is 10.3. The van der Waals surface area contributed by atoms with E-state index in [2.05, 4.69) is 29.4 Å². The molecule has 0 spiro atoms. The molecule has 1 N–H and O–H groups in total. The van der Waals surface area contributed by atoms with E-state index in [1.165, 1.54) is 18.4 Å². The van der Waals surface area contributed by atoms with Crippen LogP contribution in [0.2, 0.25) is 0 Å². The van der Waals surface area contributed by atoms with Crippen LogP contribution in [0.25, 0.3) is 0 Å². The van der Waals surface area contributed by atoms with E-state index in [1.807, 2.05) is 37.4 Å². The van der Waals surface area contributed by atoms with Crippen molar-refractivity contribution >= 4 is 5.69 Å². The normalized spacial score (nSPS) is 10.4. The highest BCUT2D eigenvalue weighted by atomic mass is 16.5. The van der Waals surface area contributed by atoms with Crippen molar-refractivity contribution in [2.45, 2.75) is 39.7 Å². The van der Waals surface area contributed by atoms with Gasteiger partial charge < -0.3 is 10.1 Å². The van der Waals surface area contributed by atoms with E-state index in [0.717, 1.165) is 36.7 Å². The largest absolute Gasteiger partial charge is 0.494 e. The molecule has 0 fully saturated rings. The predicted molar refractivity (Wildman–Crippen MR) is 87.8 cm³/mol. The Kier molecular flexibility index (Phi) is 6.07. The highest BCUT2D eigenvalue weighted by molar-refractivity contribution is 5.42. The lowest BCUT2D eigenvalue weighted by atomic mass is 10.2. The average Bonchev–Trinajstić information content (AvgIpc) is 2.52. The van der Waals surface area contributed by atoms with Gasteiger partial charge in [0.15, 0.2) is 0 Å². The summed E-state index contributed by atoms with van der Waals surface area (Å²) in [5.74, 6) is 0.951. The number of hydrogen-bond acceptors (Lipinski definition) is 3. The number of anilines is 1. The molecule has 0 bridgehead atoms. The monoisotopic (exact) mass is 284 g/mol. The molecule has 0 radical (unpaired) electrons. The molecule has 0 saturated carbocycles. The molecular weight excluding hydrogens is 260 g/mol. The fourth-order valence-corrected chi connectivity index (χ4v) is 2.02. The lowest BCUT2D eigenvalue weighted by Crippen LogP contribution is -2.01. The van der Waals surface area contributed by atoms with E-state index in [1.54, 1.807) is 0 Å². The number of hydrogen-bond donors (Lipinski definition) is 1. The van der Waals surface area contributed by atoms with Crippen LogP contribution in [0.1, 0.15) is 37.4 Å². The number of benzene rings is 1. The van der Waals surface area contributed by atoms with Gasteiger partial charge in [-0.15, -0.1) is 0 Å². The summed E-state index contributed by atoms with van der Waals surface area (Å²) in [6.07, 6.45) is 5.44. The Bertz CT molecular complexity index is 520. The molecule has 3 nitrogen and oxygen atoms in total. The lowest BCUT2D eigenvalue weighted by molar-refractivity contribution is 0.306. The summed E-state index contributed by atoms with van der Waals surface area (Å²) in [7, 11) is 0. The van der Waals surface area contributed by atoms with E-state index >= 15 is 0 Å². The third kappa shape index (κ3) is 5.46. The number of nitrogens with one attached hydrogen (secondary N) is 1. The molecule has 112 valence electrons. The molecule has 0 amide bonds. The summed E-state index contributed by atoms with van der Waals surface area (Å²) in [6.45, 7) is 5.79. The summed E-state index contributed by atoms with van der Waals surface area (Å²) in [4.78, 5) is 4.27. The maximum atomic E-state index is 5.71. The first kappa shape index (κ1) is 15.4. The second-order valence-corrected chi connectivity index (χ2v) is 5.24. The highest BCUT2D eigenvalue weighted by Gasteiger charge is 1.97. The highest BCUT2D eigenvalue weighted by Crippen LogP contribution is 2.14. The van der Waals surface area contributed by atoms with E-state index in [-0.39, 0.29) is 0 Å². The standard InChI is InChI=1S/C18H24N2O/c1-3-4-5-12-21-18-10-7-16(8-11-18)13-20-17-9-6-15(2)19-14-17/h6-11,14,20H,3-5,12-13H2,1-2H3. The minimum atomic E-state index is 0.793. The van der Waals surface area contributed by atoms with Gasteiger partial charge in [0.2, 0.25) is 0 Å². The Morgan fingerprint density at radius 1 is 1.05 bits per heavy atom. The van der Waals surface area contributed by atoms with Crippen molar-refractivity contribution in [2.24, 2.45) is 0 Å². The van der Waals surface area contributed by atoms with Gasteiger partial charge in [-0.05, 0) is 43.2 Å². The molecule has 0 saturated heterocycles. The molecule has 0 unspecified atom stereocenters. The van der Waals surface area contributed by atoms with E-state index in [4.69, 9.17) is 4.74 Å². The third-order valence-corrected chi connectivity index (χ3v) is 3.35. The maximum absolute atomic E-state index is 5.71. The quantitative estimate of drug-likeness (QED) is 0.721. The Hall–Kier alpha value is -2.03. The molecule has 0 aliphatic rings. The molecule has 1 heterocycles. The summed E-state index contributed by atoms with van der Waals surface area (Å²) in [6, 6.07) is 12.3. The summed E-state index contributed by atoms with van der Waals surface area (Å²) in [5, 5.41) is 3.36. The van der Waals surface area contributed by atoms with Gasteiger partial charge in [0.05, 0.1) is 18.5 Å². The number of unbranched alkanes of at least 4 members (excludes halogenated alkanes) is 2. The summed E-state index contributed by atoms with van der Waals surface area (Å²) >= 11 is 0. The second kappa shape index (κ2) is 8.30. The molecule has 2 rings (SSSR count). The van der Waals surface area contributed by atoms with Crippen molar-refractivity contribution in [3.63, 3.8) is 0 Å². The van der Waals surface area contributed by atoms with Crippen LogP contribution in [0.15, 0.2) is 42.6 Å². The van der Waals surface area contributed by atoms with Crippen LogP contribution < -0.4 is 10.1 Å². The minimum absolute atomic E-state index is 0.793. The lowest BCUT2D eigenvalue weighted by Gasteiger charge is -2.08. The molecule has 21 heavy (non-hydrogen) atoms. The molecular formula is C18H24N2O. The maximum Gasteiger partial charge on any atom is 0.119 e. The van der Waals surface area contributed by atoms with Gasteiger partial charge in [0, 0.05) is 12.2 Å². The van der Waals surface area contributed by atoms with E-state index < -0.39 is 0 Å². The van der Waals surface area contributed by atoms with Gasteiger partial charge in [-0.2, -0.15) is 0 Å². The molecule has 1 aromatic heterocycles. The number of nitrogens with zero attached hydrogens (tertiary/aromatic N) is 1. The van der Waals surface area contributed by atoms with Crippen molar-refractivity contribution in [2.75, 3.05) is 11.9 Å². The van der Waals surface area contributed by atoms with E-state index in [0.29, 0.717) is 0 Å². The zero-order chi connectivity index (χ0) is 14.9. The Balaban J connectivity index is 1.78. The van der Waals surface area contributed by atoms with Crippen molar-refractivity contribution in [1.82, 2.24) is 4.98 Å². The average molecular weight is 284 g/mol. The van der Waals surface area contributed by atoms with Crippen LogP contribution in [0, 0.1) is 6.92 Å². The smallest absolute Gasteiger partial charge is 0.119 e. The topological polar surface area (TPSA) is 34.1 Å². The third-order valence-electron chi connectivity index (χ3n) is 3.35. The second-order valence-electron chi connectivity index (χ2n) is 5.24. The SMILES string of the molecule is CCCCCOc1ccc(CNc2ccc(C)nc2)cc1. The van der Waals surface area contributed by atoms with Gasteiger partial charge in [-0.25, -0.2) is 0 Å². The first-order valence-electron chi connectivity index (χ1n) is 7.66. The molecule has 0 aliphatic heterocycles. The predicted octanol–water partition coefficient (Wildman–Crippen LogP) is 4.57. The number of rotatable bonds is 8. The Labute approximate surface area is 127 Å². The van der Waals surface area contributed by atoms with Crippen LogP contribution in [-0.2, 0) is 6.54 Å². The molecule has 0 aliphatic carbocycles. The number of aromatic nitrogens is 1. The van der Waals surface area contributed by atoms with Crippen LogP contribution in [-0.4, -0.2) is 11.6 Å². The Morgan fingerprint density at radius 3 is 2.52 bits per heavy atom. The molecule has 1 aromatic carbocycles. The molecule has 3 heteroatoms. The minimum Gasteiger partial charge on any atom is -0.494 e. The fraction of sp³-hybridized carbons (Fsp3) is 0.389. The number of aryl methyl sites for hydroxylation is 1.